The van der Waals surface area contributed by atoms with Gasteiger partial charge in [-0.3, -0.25) is 0 Å². The maximum atomic E-state index is 2.59. The van der Waals surface area contributed by atoms with Gasteiger partial charge in [0.2, 0.25) is 0 Å². The summed E-state index contributed by atoms with van der Waals surface area (Å²) in [6.07, 6.45) is 12.8. The minimum atomic E-state index is 0. The Bertz CT molecular complexity index is 321. The van der Waals surface area contributed by atoms with E-state index in [2.05, 4.69) is 56.2 Å². The largest absolute Gasteiger partial charge is 0.301 e. The van der Waals surface area contributed by atoms with E-state index in [9.17, 15) is 0 Å². The molecule has 3 nitrogen and oxygen atoms in total. The molecule has 3 fully saturated rings. The van der Waals surface area contributed by atoms with Crippen molar-refractivity contribution in [2.45, 2.75) is 147 Å². The average Bonchev–Trinajstić information content (AvgIpc) is 3.06. The predicted octanol–water partition coefficient (Wildman–Crippen LogP) is 8.19. The van der Waals surface area contributed by atoms with Crippen LogP contribution in [0.4, 0.5) is 0 Å². The Labute approximate surface area is 201 Å². The highest BCUT2D eigenvalue weighted by Crippen LogP contribution is 2.12. The SMILES string of the molecule is C.C.C.C.CC(C)N1CCCC1.CC(C)N1CCCCC1.CC(C)N1CCCCCC1. The van der Waals surface area contributed by atoms with Crippen LogP contribution in [0.2, 0.25) is 0 Å². The monoisotopic (exact) mass is 446 g/mol. The summed E-state index contributed by atoms with van der Waals surface area (Å²) in [5.41, 5.74) is 0. The molecule has 0 unspecified atom stereocenters. The third-order valence-electron chi connectivity index (χ3n) is 6.36. The number of likely N-dealkylation sites (tertiary alicyclic amines) is 3. The van der Waals surface area contributed by atoms with E-state index in [1.54, 1.807) is 0 Å². The third kappa shape index (κ3) is 18.0. The first-order valence-corrected chi connectivity index (χ1v) is 12.1. The molecule has 3 heterocycles. The fourth-order valence-electron chi connectivity index (χ4n) is 4.30. The van der Waals surface area contributed by atoms with Gasteiger partial charge in [-0.15, -0.1) is 0 Å². The van der Waals surface area contributed by atoms with Gasteiger partial charge in [-0.05, 0) is 119 Å². The summed E-state index contributed by atoms with van der Waals surface area (Å²) >= 11 is 0. The van der Waals surface area contributed by atoms with Crippen molar-refractivity contribution in [2.75, 3.05) is 39.3 Å². The van der Waals surface area contributed by atoms with E-state index < -0.39 is 0 Å². The fraction of sp³-hybridized carbons (Fsp3) is 1.00. The number of piperidine rings is 1. The number of rotatable bonds is 3. The zero-order valence-electron chi connectivity index (χ0n) is 19.7. The minimum absolute atomic E-state index is 0. The van der Waals surface area contributed by atoms with Gasteiger partial charge in [-0.25, -0.2) is 0 Å². The topological polar surface area (TPSA) is 9.72 Å². The minimum Gasteiger partial charge on any atom is -0.301 e. The van der Waals surface area contributed by atoms with E-state index in [0.29, 0.717) is 0 Å². The van der Waals surface area contributed by atoms with Gasteiger partial charge >= 0.3 is 0 Å². The van der Waals surface area contributed by atoms with Crippen molar-refractivity contribution < 1.29 is 0 Å². The van der Waals surface area contributed by atoms with Crippen LogP contribution in [0.1, 0.15) is 129 Å². The van der Waals surface area contributed by atoms with Crippen molar-refractivity contribution in [3.63, 3.8) is 0 Å². The molecular weight excluding hydrogens is 378 g/mol. The highest BCUT2D eigenvalue weighted by molar-refractivity contribution is 4.69. The molecule has 3 saturated heterocycles. The second kappa shape index (κ2) is 23.1. The molecule has 0 atom stereocenters. The van der Waals surface area contributed by atoms with Gasteiger partial charge in [0.25, 0.3) is 0 Å². The zero-order chi connectivity index (χ0) is 20.1. The standard InChI is InChI=1S/C9H19N.C8H17N.C7H15N.4CH4/c1-9(2)10-7-5-3-4-6-8-10;1-8(2)9-6-4-3-5-7-9;1-7(2)8-5-3-4-6-8;;;;/h9H,3-8H2,1-2H3;8H,3-7H2,1-2H3;7H,3-6H2,1-2H3;4*1H4. The van der Waals surface area contributed by atoms with E-state index >= 15 is 0 Å². The molecule has 0 saturated carbocycles. The number of hydrogen-bond acceptors (Lipinski definition) is 3. The van der Waals surface area contributed by atoms with Crippen LogP contribution in [0, 0.1) is 0 Å². The molecule has 0 amide bonds. The summed E-state index contributed by atoms with van der Waals surface area (Å²) in [5.74, 6) is 0. The van der Waals surface area contributed by atoms with Crippen LogP contribution in [0.25, 0.3) is 0 Å². The van der Waals surface area contributed by atoms with Crippen molar-refractivity contribution in [1.29, 1.82) is 0 Å². The highest BCUT2D eigenvalue weighted by Gasteiger charge is 2.13. The van der Waals surface area contributed by atoms with Crippen molar-refractivity contribution in [3.8, 4) is 0 Å². The molecule has 3 heteroatoms. The first-order valence-electron chi connectivity index (χ1n) is 12.1. The van der Waals surface area contributed by atoms with E-state index in [4.69, 9.17) is 0 Å². The Balaban J connectivity index is -0.000000166. The lowest BCUT2D eigenvalue weighted by Crippen LogP contribution is -2.35. The van der Waals surface area contributed by atoms with Gasteiger partial charge in [-0.1, -0.05) is 49.0 Å². The summed E-state index contributed by atoms with van der Waals surface area (Å²) in [4.78, 5) is 7.68. The molecule has 0 aromatic carbocycles. The van der Waals surface area contributed by atoms with Gasteiger partial charge in [0.05, 0.1) is 0 Å². The Hall–Kier alpha value is -0.120. The van der Waals surface area contributed by atoms with Crippen LogP contribution in [0.5, 0.6) is 0 Å². The van der Waals surface area contributed by atoms with Gasteiger partial charge in [0.1, 0.15) is 0 Å². The van der Waals surface area contributed by atoms with Gasteiger partial charge in [0.15, 0.2) is 0 Å². The molecule has 0 N–H and O–H groups in total. The van der Waals surface area contributed by atoms with Gasteiger partial charge in [0, 0.05) is 18.1 Å². The normalized spacial score (nSPS) is 20.0. The van der Waals surface area contributed by atoms with Crippen molar-refractivity contribution in [2.24, 2.45) is 0 Å². The highest BCUT2D eigenvalue weighted by atomic mass is 15.2. The molecule has 194 valence electrons. The first kappa shape index (κ1) is 38.2. The van der Waals surface area contributed by atoms with Crippen molar-refractivity contribution in [3.05, 3.63) is 0 Å². The fourth-order valence-corrected chi connectivity index (χ4v) is 4.30. The lowest BCUT2D eigenvalue weighted by atomic mass is 10.1. The van der Waals surface area contributed by atoms with Crippen LogP contribution in [-0.2, 0) is 0 Å². The molecule has 3 aliphatic rings. The van der Waals surface area contributed by atoms with Crippen LogP contribution in [0.15, 0.2) is 0 Å². The Morgan fingerprint density at radius 1 is 0.323 bits per heavy atom. The predicted molar refractivity (Wildman–Crippen MR) is 149 cm³/mol. The first-order chi connectivity index (χ1) is 12.9. The summed E-state index contributed by atoms with van der Waals surface area (Å²) in [6, 6.07) is 2.31. The summed E-state index contributed by atoms with van der Waals surface area (Å²) in [7, 11) is 0. The lowest BCUT2D eigenvalue weighted by Gasteiger charge is -2.29. The molecule has 3 rings (SSSR count). The molecular formula is C28H67N3. The molecule has 0 radical (unpaired) electrons. The molecule has 0 aliphatic carbocycles. The quantitative estimate of drug-likeness (QED) is 0.433. The lowest BCUT2D eigenvalue weighted by molar-refractivity contribution is 0.185. The summed E-state index contributed by atoms with van der Waals surface area (Å²) in [5, 5.41) is 0. The van der Waals surface area contributed by atoms with Crippen LogP contribution in [0.3, 0.4) is 0 Å². The van der Waals surface area contributed by atoms with E-state index in [1.165, 1.54) is 97.1 Å². The summed E-state index contributed by atoms with van der Waals surface area (Å²) in [6.45, 7) is 21.7. The maximum Gasteiger partial charge on any atom is 0.00385 e. The van der Waals surface area contributed by atoms with E-state index in [0.717, 1.165) is 18.1 Å². The van der Waals surface area contributed by atoms with Crippen LogP contribution < -0.4 is 0 Å². The number of nitrogens with zero attached hydrogens (tertiary/aromatic N) is 3. The molecule has 0 aromatic heterocycles. The Kier molecular flexibility index (Phi) is 28.4. The van der Waals surface area contributed by atoms with Gasteiger partial charge < -0.3 is 14.7 Å². The van der Waals surface area contributed by atoms with Crippen LogP contribution >= 0.6 is 0 Å². The van der Waals surface area contributed by atoms with Crippen molar-refractivity contribution >= 4 is 0 Å². The van der Waals surface area contributed by atoms with E-state index in [-0.39, 0.29) is 29.7 Å². The van der Waals surface area contributed by atoms with Crippen molar-refractivity contribution in [1.82, 2.24) is 14.7 Å². The second-order valence-corrected chi connectivity index (χ2v) is 9.57. The second-order valence-electron chi connectivity index (χ2n) is 9.57. The zero-order valence-corrected chi connectivity index (χ0v) is 19.7. The number of hydrogen-bond donors (Lipinski definition) is 0. The molecule has 0 bridgehead atoms. The maximum absolute atomic E-state index is 2.59. The third-order valence-corrected chi connectivity index (χ3v) is 6.36. The molecule has 0 aromatic rings. The average molecular weight is 446 g/mol. The molecule has 31 heavy (non-hydrogen) atoms. The van der Waals surface area contributed by atoms with Gasteiger partial charge in [-0.2, -0.15) is 0 Å². The Morgan fingerprint density at radius 2 is 0.484 bits per heavy atom. The summed E-state index contributed by atoms with van der Waals surface area (Å²) < 4.78 is 0. The van der Waals surface area contributed by atoms with Crippen LogP contribution in [-0.4, -0.2) is 72.1 Å². The Morgan fingerprint density at radius 3 is 0.677 bits per heavy atom. The van der Waals surface area contributed by atoms with E-state index in [1.807, 2.05) is 0 Å². The smallest absolute Gasteiger partial charge is 0.00385 e. The molecule has 0 spiro atoms. The molecule has 3 aliphatic heterocycles.